The van der Waals surface area contributed by atoms with Crippen molar-refractivity contribution in [2.45, 2.75) is 6.54 Å². The van der Waals surface area contributed by atoms with Gasteiger partial charge in [-0.3, -0.25) is 9.78 Å². The lowest BCUT2D eigenvalue weighted by atomic mass is 10.2. The molecule has 156 valence electrons. The number of carbonyl (C=O) groups excluding carboxylic acids is 1. The number of nitrogens with zero attached hydrogens (tertiary/aromatic N) is 2. The molecule has 0 unspecified atom stereocenters. The summed E-state index contributed by atoms with van der Waals surface area (Å²) in [5.41, 5.74) is 2.19. The molecule has 2 N–H and O–H groups in total. The standard InChI is InChI=1S/C24H20N4O2.ClH/c29-24(22-7-4-14-26-23(22)27-17-18-12-15-25-16-13-18)28-19-8-10-21(11-9-19)30-20-5-2-1-3-6-20;/h1-16H,17H2,(H,26,27)(H,28,29);1H. The molecule has 0 fully saturated rings. The number of hydrogen-bond donors (Lipinski definition) is 2. The van der Waals surface area contributed by atoms with Gasteiger partial charge < -0.3 is 15.4 Å². The first-order valence-electron chi connectivity index (χ1n) is 9.50. The summed E-state index contributed by atoms with van der Waals surface area (Å²) >= 11 is 0. The van der Waals surface area contributed by atoms with Crippen molar-refractivity contribution in [1.29, 1.82) is 0 Å². The van der Waals surface area contributed by atoms with Crippen LogP contribution in [0.1, 0.15) is 15.9 Å². The minimum atomic E-state index is -0.239. The average Bonchev–Trinajstić information content (AvgIpc) is 2.80. The highest BCUT2D eigenvalue weighted by atomic mass is 35.5. The van der Waals surface area contributed by atoms with Crippen molar-refractivity contribution in [3.05, 3.63) is 109 Å². The van der Waals surface area contributed by atoms with Gasteiger partial charge in [-0.2, -0.15) is 0 Å². The number of benzene rings is 2. The topological polar surface area (TPSA) is 76.1 Å². The zero-order valence-electron chi connectivity index (χ0n) is 16.6. The normalized spacial score (nSPS) is 9.94. The third-order valence-electron chi connectivity index (χ3n) is 4.35. The quantitative estimate of drug-likeness (QED) is 0.400. The van der Waals surface area contributed by atoms with Gasteiger partial charge >= 0.3 is 0 Å². The summed E-state index contributed by atoms with van der Waals surface area (Å²) in [5.74, 6) is 1.74. The summed E-state index contributed by atoms with van der Waals surface area (Å²) in [5, 5.41) is 6.12. The second-order valence-corrected chi connectivity index (χ2v) is 6.50. The maximum Gasteiger partial charge on any atom is 0.259 e. The molecule has 31 heavy (non-hydrogen) atoms. The van der Waals surface area contributed by atoms with Gasteiger partial charge in [-0.05, 0) is 66.2 Å². The Morgan fingerprint density at radius 2 is 1.52 bits per heavy atom. The number of ether oxygens (including phenoxy) is 1. The Hall–Kier alpha value is -3.90. The van der Waals surface area contributed by atoms with Crippen molar-refractivity contribution in [3.63, 3.8) is 0 Å². The van der Waals surface area contributed by atoms with Crippen LogP contribution in [0.5, 0.6) is 11.5 Å². The number of nitrogens with one attached hydrogen (secondary N) is 2. The molecule has 1 amide bonds. The SMILES string of the molecule is Cl.O=C(Nc1ccc(Oc2ccccc2)cc1)c1cccnc1NCc1ccncc1. The number of carbonyl (C=O) groups is 1. The van der Waals surface area contributed by atoms with E-state index in [2.05, 4.69) is 20.6 Å². The van der Waals surface area contributed by atoms with E-state index in [1.807, 2.05) is 54.6 Å². The first kappa shape index (κ1) is 21.8. The summed E-state index contributed by atoms with van der Waals surface area (Å²) in [4.78, 5) is 21.1. The van der Waals surface area contributed by atoms with Gasteiger partial charge in [0.1, 0.15) is 17.3 Å². The molecule has 0 atom stereocenters. The number of hydrogen-bond acceptors (Lipinski definition) is 5. The molecule has 0 aliphatic heterocycles. The molecule has 0 aliphatic rings. The molecule has 4 rings (SSSR count). The lowest BCUT2D eigenvalue weighted by molar-refractivity contribution is 0.102. The van der Waals surface area contributed by atoms with E-state index in [1.54, 1.807) is 42.9 Å². The predicted molar refractivity (Wildman–Crippen MR) is 124 cm³/mol. The maximum atomic E-state index is 12.8. The predicted octanol–water partition coefficient (Wildman–Crippen LogP) is 5.56. The Kier molecular flexibility index (Phi) is 7.56. The van der Waals surface area contributed by atoms with Crippen LogP contribution in [0.25, 0.3) is 0 Å². The highest BCUT2D eigenvalue weighted by molar-refractivity contribution is 6.07. The van der Waals surface area contributed by atoms with Gasteiger partial charge in [0, 0.05) is 30.8 Å². The summed E-state index contributed by atoms with van der Waals surface area (Å²) in [7, 11) is 0. The van der Waals surface area contributed by atoms with Crippen molar-refractivity contribution >= 4 is 29.8 Å². The monoisotopic (exact) mass is 432 g/mol. The minimum absolute atomic E-state index is 0. The molecule has 0 saturated heterocycles. The van der Waals surface area contributed by atoms with Gasteiger partial charge in [-0.15, -0.1) is 12.4 Å². The largest absolute Gasteiger partial charge is 0.457 e. The molecule has 4 aromatic rings. The molecule has 0 aliphatic carbocycles. The Morgan fingerprint density at radius 3 is 2.26 bits per heavy atom. The van der Waals surface area contributed by atoms with Crippen LogP contribution < -0.4 is 15.4 Å². The van der Waals surface area contributed by atoms with Crippen LogP contribution in [-0.2, 0) is 6.54 Å². The van der Waals surface area contributed by atoms with Crippen LogP contribution in [0.2, 0.25) is 0 Å². The van der Waals surface area contributed by atoms with Gasteiger partial charge in [-0.1, -0.05) is 18.2 Å². The maximum absolute atomic E-state index is 12.8. The molecule has 0 radical (unpaired) electrons. The second-order valence-electron chi connectivity index (χ2n) is 6.50. The smallest absolute Gasteiger partial charge is 0.259 e. The Bertz CT molecular complexity index is 1110. The van der Waals surface area contributed by atoms with Gasteiger partial charge in [0.2, 0.25) is 0 Å². The number of halogens is 1. The molecular weight excluding hydrogens is 412 g/mol. The van der Waals surface area contributed by atoms with Crippen molar-refractivity contribution in [3.8, 4) is 11.5 Å². The fourth-order valence-corrected chi connectivity index (χ4v) is 2.85. The summed E-state index contributed by atoms with van der Waals surface area (Å²) in [6, 6.07) is 24.1. The van der Waals surface area contributed by atoms with Crippen LogP contribution in [-0.4, -0.2) is 15.9 Å². The molecule has 0 bridgehead atoms. The number of amides is 1. The van der Waals surface area contributed by atoms with Crippen LogP contribution >= 0.6 is 12.4 Å². The molecule has 2 heterocycles. The molecule has 0 spiro atoms. The number of pyridine rings is 2. The number of aromatic nitrogens is 2. The van der Waals surface area contributed by atoms with Crippen LogP contribution in [0, 0.1) is 0 Å². The highest BCUT2D eigenvalue weighted by Gasteiger charge is 2.12. The Labute approximate surface area is 186 Å². The van der Waals surface area contributed by atoms with Crippen molar-refractivity contribution in [1.82, 2.24) is 9.97 Å². The van der Waals surface area contributed by atoms with E-state index in [4.69, 9.17) is 4.74 Å². The Balaban J connectivity index is 0.00000272. The summed E-state index contributed by atoms with van der Waals surface area (Å²) in [6.07, 6.45) is 5.11. The minimum Gasteiger partial charge on any atom is -0.457 e. The first-order valence-corrected chi connectivity index (χ1v) is 9.50. The number of rotatable bonds is 7. The molecule has 6 nitrogen and oxygen atoms in total. The fourth-order valence-electron chi connectivity index (χ4n) is 2.85. The van der Waals surface area contributed by atoms with Crippen molar-refractivity contribution in [2.24, 2.45) is 0 Å². The third-order valence-corrected chi connectivity index (χ3v) is 4.35. The van der Waals surface area contributed by atoms with Crippen LogP contribution in [0.4, 0.5) is 11.5 Å². The van der Waals surface area contributed by atoms with Gasteiger partial charge in [0.05, 0.1) is 5.56 Å². The highest BCUT2D eigenvalue weighted by Crippen LogP contribution is 2.23. The fraction of sp³-hybridized carbons (Fsp3) is 0.0417. The van der Waals surface area contributed by atoms with E-state index in [0.717, 1.165) is 11.3 Å². The first-order chi connectivity index (χ1) is 14.8. The number of para-hydroxylation sites is 1. The summed E-state index contributed by atoms with van der Waals surface area (Å²) in [6.45, 7) is 0.547. The van der Waals surface area contributed by atoms with E-state index < -0.39 is 0 Å². The average molecular weight is 433 g/mol. The summed E-state index contributed by atoms with van der Waals surface area (Å²) < 4.78 is 5.78. The zero-order chi connectivity index (χ0) is 20.6. The van der Waals surface area contributed by atoms with Gasteiger partial charge in [0.25, 0.3) is 5.91 Å². The molecule has 7 heteroatoms. The lowest BCUT2D eigenvalue weighted by Gasteiger charge is -2.12. The third kappa shape index (κ3) is 6.04. The van der Waals surface area contributed by atoms with Crippen molar-refractivity contribution < 1.29 is 9.53 Å². The second kappa shape index (κ2) is 10.8. The van der Waals surface area contributed by atoms with Crippen LogP contribution in [0.15, 0.2) is 97.5 Å². The van der Waals surface area contributed by atoms with E-state index in [-0.39, 0.29) is 18.3 Å². The molecular formula is C24H21ClN4O2. The van der Waals surface area contributed by atoms with Gasteiger partial charge in [-0.25, -0.2) is 4.98 Å². The molecule has 2 aromatic heterocycles. The van der Waals surface area contributed by atoms with E-state index in [0.29, 0.717) is 29.4 Å². The van der Waals surface area contributed by atoms with E-state index in [9.17, 15) is 4.79 Å². The Morgan fingerprint density at radius 1 is 0.806 bits per heavy atom. The molecule has 0 saturated carbocycles. The van der Waals surface area contributed by atoms with Gasteiger partial charge in [0.15, 0.2) is 0 Å². The van der Waals surface area contributed by atoms with E-state index in [1.165, 1.54) is 0 Å². The van der Waals surface area contributed by atoms with Crippen LogP contribution in [0.3, 0.4) is 0 Å². The van der Waals surface area contributed by atoms with Crippen molar-refractivity contribution in [2.75, 3.05) is 10.6 Å². The molecule has 2 aromatic carbocycles. The zero-order valence-corrected chi connectivity index (χ0v) is 17.4. The van der Waals surface area contributed by atoms with E-state index >= 15 is 0 Å². The number of anilines is 2. The lowest BCUT2D eigenvalue weighted by Crippen LogP contribution is -2.15.